The number of nitrogens with one attached hydrogen (secondary N) is 1. The third-order valence-electron chi connectivity index (χ3n) is 4.66. The molecule has 1 aromatic heterocycles. The van der Waals surface area contributed by atoms with E-state index in [1.165, 1.54) is 0 Å². The maximum absolute atomic E-state index is 13.4. The van der Waals surface area contributed by atoms with Gasteiger partial charge in [-0.15, -0.1) is 0 Å². The van der Waals surface area contributed by atoms with Crippen molar-refractivity contribution in [2.75, 3.05) is 19.0 Å². The minimum atomic E-state index is -3.79. The summed E-state index contributed by atoms with van der Waals surface area (Å²) in [4.78, 5) is 12.7. The number of carbonyl (C=O) groups is 1. The van der Waals surface area contributed by atoms with Gasteiger partial charge < -0.3 is 14.6 Å². The highest BCUT2D eigenvalue weighted by Crippen LogP contribution is 2.35. The lowest BCUT2D eigenvalue weighted by atomic mass is 10.2. The zero-order valence-electron chi connectivity index (χ0n) is 16.8. The number of aryl methyl sites for hydroxylation is 1. The van der Waals surface area contributed by atoms with E-state index in [2.05, 4.69) is 5.32 Å². The van der Waals surface area contributed by atoms with Crippen LogP contribution in [0, 0.1) is 26.7 Å². The van der Waals surface area contributed by atoms with Gasteiger partial charge in [0.1, 0.15) is 10.7 Å². The van der Waals surface area contributed by atoms with E-state index >= 15 is 0 Å². The lowest BCUT2D eigenvalue weighted by molar-refractivity contribution is -0.118. The summed E-state index contributed by atoms with van der Waals surface area (Å²) in [6.07, 6.45) is 0. The fourth-order valence-electron chi connectivity index (χ4n) is 2.85. The minimum absolute atomic E-state index is 0.147. The summed E-state index contributed by atoms with van der Waals surface area (Å²) in [6.45, 7) is 9.91. The molecular weight excluding hydrogens is 364 g/mol. The molecule has 0 aliphatic rings. The Hall–Kier alpha value is -2.12. The van der Waals surface area contributed by atoms with Crippen LogP contribution in [0.1, 0.15) is 30.7 Å². The third kappa shape index (κ3) is 4.25. The number of sulfone groups is 1. The molecule has 27 heavy (non-hydrogen) atoms. The molecule has 0 spiro atoms. The van der Waals surface area contributed by atoms with Gasteiger partial charge in [0.2, 0.25) is 15.7 Å². The number of benzene rings is 1. The van der Waals surface area contributed by atoms with E-state index in [-0.39, 0.29) is 21.6 Å². The normalized spacial score (nSPS) is 11.8. The minimum Gasteiger partial charge on any atom is -0.383 e. The molecule has 0 bridgehead atoms. The van der Waals surface area contributed by atoms with E-state index in [0.717, 1.165) is 11.3 Å². The number of aromatic nitrogens is 1. The Morgan fingerprint density at radius 2 is 1.74 bits per heavy atom. The van der Waals surface area contributed by atoms with E-state index in [0.29, 0.717) is 24.5 Å². The zero-order valence-corrected chi connectivity index (χ0v) is 17.6. The van der Waals surface area contributed by atoms with E-state index in [1.807, 2.05) is 13.8 Å². The number of hydrogen-bond acceptors (Lipinski definition) is 4. The Bertz CT molecular complexity index is 926. The van der Waals surface area contributed by atoms with Gasteiger partial charge in [-0.2, -0.15) is 0 Å². The first-order chi connectivity index (χ1) is 12.6. The van der Waals surface area contributed by atoms with Crippen LogP contribution in [-0.4, -0.2) is 32.6 Å². The van der Waals surface area contributed by atoms with Crippen molar-refractivity contribution in [3.05, 3.63) is 41.1 Å². The average Bonchev–Trinajstić information content (AvgIpc) is 2.84. The molecule has 0 aliphatic carbocycles. The van der Waals surface area contributed by atoms with Crippen LogP contribution in [0.2, 0.25) is 0 Å². The molecule has 0 saturated heterocycles. The molecule has 0 saturated carbocycles. The van der Waals surface area contributed by atoms with Crippen molar-refractivity contribution < 1.29 is 17.9 Å². The molecule has 1 aromatic carbocycles. The smallest absolute Gasteiger partial charge is 0.228 e. The number of hydrogen-bond donors (Lipinski definition) is 1. The first-order valence-corrected chi connectivity index (χ1v) is 10.4. The number of carbonyl (C=O) groups excluding carboxylic acids is 1. The van der Waals surface area contributed by atoms with Gasteiger partial charge in [0.05, 0.1) is 11.5 Å². The van der Waals surface area contributed by atoms with Gasteiger partial charge in [-0.1, -0.05) is 31.5 Å². The van der Waals surface area contributed by atoms with Crippen molar-refractivity contribution in [1.82, 2.24) is 4.57 Å². The van der Waals surface area contributed by atoms with Crippen LogP contribution in [0.4, 0.5) is 5.82 Å². The van der Waals surface area contributed by atoms with Gasteiger partial charge in [0.25, 0.3) is 0 Å². The quantitative estimate of drug-likeness (QED) is 0.782. The van der Waals surface area contributed by atoms with Crippen molar-refractivity contribution in [2.45, 2.75) is 51.0 Å². The molecule has 148 valence electrons. The van der Waals surface area contributed by atoms with Crippen molar-refractivity contribution in [3.63, 3.8) is 0 Å². The maximum atomic E-state index is 13.4. The molecule has 1 heterocycles. The average molecular weight is 393 g/mol. The number of anilines is 1. The van der Waals surface area contributed by atoms with Crippen molar-refractivity contribution in [1.29, 1.82) is 0 Å². The summed E-state index contributed by atoms with van der Waals surface area (Å²) in [5.41, 5.74) is 2.40. The highest BCUT2D eigenvalue weighted by atomic mass is 32.2. The van der Waals surface area contributed by atoms with Crippen LogP contribution >= 0.6 is 0 Å². The fourth-order valence-corrected chi connectivity index (χ4v) is 4.54. The van der Waals surface area contributed by atoms with Crippen LogP contribution in [0.15, 0.2) is 34.1 Å². The molecule has 2 rings (SSSR count). The molecule has 7 heteroatoms. The Kier molecular flexibility index (Phi) is 6.49. The van der Waals surface area contributed by atoms with Gasteiger partial charge in [-0.3, -0.25) is 4.79 Å². The fraction of sp³-hybridized carbons (Fsp3) is 0.450. The van der Waals surface area contributed by atoms with Crippen molar-refractivity contribution in [3.8, 4) is 0 Å². The number of methoxy groups -OCH3 is 1. The van der Waals surface area contributed by atoms with Gasteiger partial charge in [-0.25, -0.2) is 8.42 Å². The van der Waals surface area contributed by atoms with Crippen molar-refractivity contribution >= 4 is 21.6 Å². The second-order valence-corrected chi connectivity index (χ2v) is 8.88. The van der Waals surface area contributed by atoms with Crippen LogP contribution in [0.3, 0.4) is 0 Å². The lowest BCUT2D eigenvalue weighted by Gasteiger charge is -2.15. The van der Waals surface area contributed by atoms with Crippen molar-refractivity contribution in [2.24, 2.45) is 5.92 Å². The first-order valence-electron chi connectivity index (χ1n) is 8.92. The molecule has 0 unspecified atom stereocenters. The summed E-state index contributed by atoms with van der Waals surface area (Å²) in [5.74, 6) is -0.195. The summed E-state index contributed by atoms with van der Waals surface area (Å²) < 4.78 is 33.7. The SMILES string of the molecule is COCCn1c(C)c(C)c(S(=O)(=O)c2ccc(C)cc2)c1NC(=O)C(C)C. The van der Waals surface area contributed by atoms with Gasteiger partial charge in [-0.05, 0) is 38.5 Å². The van der Waals surface area contributed by atoms with E-state index < -0.39 is 9.84 Å². The number of amides is 1. The molecule has 2 aromatic rings. The molecule has 1 amide bonds. The van der Waals surface area contributed by atoms with Crippen LogP contribution in [0.5, 0.6) is 0 Å². The Morgan fingerprint density at radius 3 is 2.26 bits per heavy atom. The predicted molar refractivity (Wildman–Crippen MR) is 106 cm³/mol. The maximum Gasteiger partial charge on any atom is 0.228 e. The number of ether oxygens (including phenoxy) is 1. The van der Waals surface area contributed by atoms with E-state index in [9.17, 15) is 13.2 Å². The second-order valence-electron chi connectivity index (χ2n) is 6.99. The number of nitrogens with zero attached hydrogens (tertiary/aromatic N) is 1. The highest BCUT2D eigenvalue weighted by molar-refractivity contribution is 7.91. The monoisotopic (exact) mass is 392 g/mol. The van der Waals surface area contributed by atoms with Gasteiger partial charge in [0.15, 0.2) is 0 Å². The van der Waals surface area contributed by atoms with Crippen LogP contribution in [0.25, 0.3) is 0 Å². The van der Waals surface area contributed by atoms with Gasteiger partial charge >= 0.3 is 0 Å². The molecule has 0 atom stereocenters. The Morgan fingerprint density at radius 1 is 1.15 bits per heavy atom. The van der Waals surface area contributed by atoms with E-state index in [1.54, 1.807) is 56.7 Å². The summed E-state index contributed by atoms with van der Waals surface area (Å²) in [6, 6.07) is 6.73. The summed E-state index contributed by atoms with van der Waals surface area (Å²) >= 11 is 0. The Labute approximate surface area is 161 Å². The standard InChI is InChI=1S/C20H28N2O4S/c1-13(2)20(23)21-19-18(15(4)16(5)22(19)11-12-26-6)27(24,25)17-9-7-14(3)8-10-17/h7-10,13H,11-12H2,1-6H3,(H,21,23). The first kappa shape index (κ1) is 21.2. The summed E-state index contributed by atoms with van der Waals surface area (Å²) in [7, 11) is -2.21. The Balaban J connectivity index is 2.69. The highest BCUT2D eigenvalue weighted by Gasteiger charge is 2.30. The molecule has 0 aliphatic heterocycles. The van der Waals surface area contributed by atoms with Crippen LogP contribution < -0.4 is 5.32 Å². The zero-order chi connectivity index (χ0) is 20.4. The second kappa shape index (κ2) is 8.27. The molecule has 6 nitrogen and oxygen atoms in total. The summed E-state index contributed by atoms with van der Waals surface area (Å²) in [5, 5.41) is 2.83. The van der Waals surface area contributed by atoms with Gasteiger partial charge in [0, 0.05) is 25.3 Å². The predicted octanol–water partition coefficient (Wildman–Crippen LogP) is 3.49. The largest absolute Gasteiger partial charge is 0.383 e. The molecular formula is C20H28N2O4S. The molecule has 1 N–H and O–H groups in total. The van der Waals surface area contributed by atoms with Crippen LogP contribution in [-0.2, 0) is 25.9 Å². The third-order valence-corrected chi connectivity index (χ3v) is 6.59. The molecule has 0 fully saturated rings. The molecule has 0 radical (unpaired) electrons. The lowest BCUT2D eigenvalue weighted by Crippen LogP contribution is -2.22. The van der Waals surface area contributed by atoms with E-state index in [4.69, 9.17) is 4.74 Å². The topological polar surface area (TPSA) is 77.4 Å². The number of rotatable bonds is 7.